The molecule has 4 N–H and O–H groups in total. The van der Waals surface area contributed by atoms with Gasteiger partial charge in [-0.3, -0.25) is 0 Å². The highest BCUT2D eigenvalue weighted by atomic mass is 32.2. The van der Waals surface area contributed by atoms with Crippen molar-refractivity contribution < 1.29 is 18.0 Å². The van der Waals surface area contributed by atoms with Gasteiger partial charge in [-0.25, -0.2) is 22.9 Å². The zero-order valence-corrected chi connectivity index (χ0v) is 11.8. The lowest BCUT2D eigenvalue weighted by atomic mass is 10.2. The molecule has 0 aliphatic carbocycles. The van der Waals surface area contributed by atoms with Gasteiger partial charge in [-0.1, -0.05) is 0 Å². The molecule has 21 heavy (non-hydrogen) atoms. The third-order valence-corrected chi connectivity index (χ3v) is 5.56. The van der Waals surface area contributed by atoms with Gasteiger partial charge in [-0.15, -0.1) is 0 Å². The zero-order chi connectivity index (χ0) is 15.2. The monoisotopic (exact) mass is 310 g/mol. The molecular formula is C12H14N4O4S. The highest BCUT2D eigenvalue weighted by Crippen LogP contribution is 2.27. The molecule has 8 nitrogen and oxygen atoms in total. The van der Waals surface area contributed by atoms with Crippen LogP contribution in [0.1, 0.15) is 5.56 Å². The first-order valence-corrected chi connectivity index (χ1v) is 7.92. The molecule has 0 bridgehead atoms. The van der Waals surface area contributed by atoms with E-state index in [2.05, 4.69) is 10.6 Å². The van der Waals surface area contributed by atoms with Gasteiger partial charge in [0.2, 0.25) is 9.84 Å². The van der Waals surface area contributed by atoms with Gasteiger partial charge in [0.25, 0.3) is 0 Å². The van der Waals surface area contributed by atoms with Crippen molar-refractivity contribution in [2.45, 2.75) is 16.7 Å². The molecule has 0 radical (unpaired) electrons. The van der Waals surface area contributed by atoms with E-state index in [-0.39, 0.29) is 11.4 Å². The normalized spacial score (nSPS) is 20.9. The van der Waals surface area contributed by atoms with Crippen LogP contribution in [0.3, 0.4) is 0 Å². The molecule has 1 aromatic rings. The van der Waals surface area contributed by atoms with Crippen LogP contribution in [0.25, 0.3) is 0 Å². The van der Waals surface area contributed by atoms with Crippen LogP contribution in [-0.2, 0) is 16.3 Å². The smallest absolute Gasteiger partial charge is 0.326 e. The topological polar surface area (TPSA) is 122 Å². The van der Waals surface area contributed by atoms with Crippen molar-refractivity contribution in [1.29, 1.82) is 0 Å². The molecule has 0 spiro atoms. The van der Waals surface area contributed by atoms with Gasteiger partial charge < -0.3 is 16.4 Å². The molecule has 1 saturated heterocycles. The van der Waals surface area contributed by atoms with Crippen LogP contribution in [0.2, 0.25) is 0 Å². The SMILES string of the molecule is NC(=O)N1CC(S(=O)(=O)c2ccc3c(c2)CCN3)NC1=O. The van der Waals surface area contributed by atoms with Crippen LogP contribution < -0.4 is 16.4 Å². The quantitative estimate of drug-likeness (QED) is 0.702. The average molecular weight is 310 g/mol. The van der Waals surface area contributed by atoms with Crippen LogP contribution >= 0.6 is 0 Å². The fraction of sp³-hybridized carbons (Fsp3) is 0.333. The third kappa shape index (κ3) is 2.19. The molecule has 0 aromatic heterocycles. The van der Waals surface area contributed by atoms with E-state index in [1.807, 2.05) is 0 Å². The maximum Gasteiger partial charge on any atom is 0.326 e. The maximum absolute atomic E-state index is 12.5. The van der Waals surface area contributed by atoms with Crippen molar-refractivity contribution in [2.24, 2.45) is 5.73 Å². The minimum absolute atomic E-state index is 0.126. The lowest BCUT2D eigenvalue weighted by Gasteiger charge is -2.12. The largest absolute Gasteiger partial charge is 0.384 e. The number of carbonyl (C=O) groups excluding carboxylic acids is 2. The molecular weight excluding hydrogens is 296 g/mol. The molecule has 2 heterocycles. The summed E-state index contributed by atoms with van der Waals surface area (Å²) in [6.07, 6.45) is 0.753. The number of hydrogen-bond donors (Lipinski definition) is 3. The maximum atomic E-state index is 12.5. The lowest BCUT2D eigenvalue weighted by molar-refractivity contribution is 0.205. The summed E-state index contributed by atoms with van der Waals surface area (Å²) < 4.78 is 25.1. The number of rotatable bonds is 2. The highest BCUT2D eigenvalue weighted by Gasteiger charge is 2.40. The Morgan fingerprint density at radius 2 is 2.14 bits per heavy atom. The number of nitrogens with one attached hydrogen (secondary N) is 2. The van der Waals surface area contributed by atoms with Gasteiger partial charge in [0.05, 0.1) is 11.4 Å². The van der Waals surface area contributed by atoms with Gasteiger partial charge in [0.1, 0.15) is 0 Å². The Hall–Kier alpha value is -2.29. The number of amides is 4. The fourth-order valence-electron chi connectivity index (χ4n) is 2.50. The van der Waals surface area contributed by atoms with E-state index in [4.69, 9.17) is 5.73 Å². The summed E-state index contributed by atoms with van der Waals surface area (Å²) >= 11 is 0. The number of urea groups is 2. The second-order valence-corrected chi connectivity index (χ2v) is 7.06. The first-order valence-electron chi connectivity index (χ1n) is 6.38. The molecule has 112 valence electrons. The molecule has 1 unspecified atom stereocenters. The van der Waals surface area contributed by atoms with Crippen LogP contribution in [0.4, 0.5) is 15.3 Å². The van der Waals surface area contributed by atoms with Gasteiger partial charge >= 0.3 is 12.1 Å². The Bertz CT molecular complexity index is 731. The predicted octanol–water partition coefficient (Wildman–Crippen LogP) is -0.142. The summed E-state index contributed by atoms with van der Waals surface area (Å²) in [4.78, 5) is 23.4. The van der Waals surface area contributed by atoms with E-state index in [9.17, 15) is 18.0 Å². The average Bonchev–Trinajstić information content (AvgIpc) is 3.03. The number of fused-ring (bicyclic) bond motifs is 1. The standard InChI is InChI=1S/C12H14N4O4S/c13-11(17)16-6-10(15-12(16)18)21(19,20)8-1-2-9-7(5-8)3-4-14-9/h1-2,5,10,14H,3-4,6H2,(H2,13,17)(H,15,18). The Labute approximate surface area is 121 Å². The van der Waals surface area contributed by atoms with E-state index < -0.39 is 27.3 Å². The summed E-state index contributed by atoms with van der Waals surface area (Å²) in [5.41, 5.74) is 6.87. The van der Waals surface area contributed by atoms with Crippen LogP contribution in [0, 0.1) is 0 Å². The number of nitrogens with zero attached hydrogens (tertiary/aromatic N) is 1. The number of carbonyl (C=O) groups is 2. The van der Waals surface area contributed by atoms with E-state index in [1.165, 1.54) is 6.07 Å². The van der Waals surface area contributed by atoms with Gasteiger partial charge in [-0.05, 0) is 30.2 Å². The van der Waals surface area contributed by atoms with Crippen molar-refractivity contribution >= 4 is 27.6 Å². The number of primary amides is 1. The van der Waals surface area contributed by atoms with Crippen molar-refractivity contribution in [1.82, 2.24) is 10.2 Å². The first kappa shape index (κ1) is 13.7. The van der Waals surface area contributed by atoms with Crippen molar-refractivity contribution in [3.63, 3.8) is 0 Å². The highest BCUT2D eigenvalue weighted by molar-refractivity contribution is 7.92. The van der Waals surface area contributed by atoms with Crippen LogP contribution in [0.5, 0.6) is 0 Å². The van der Waals surface area contributed by atoms with Crippen LogP contribution in [0.15, 0.2) is 23.1 Å². The molecule has 0 saturated carbocycles. The summed E-state index contributed by atoms with van der Waals surface area (Å²) in [5.74, 6) is 0. The molecule has 1 aromatic carbocycles. The Balaban J connectivity index is 1.91. The van der Waals surface area contributed by atoms with Crippen molar-refractivity contribution in [3.8, 4) is 0 Å². The van der Waals surface area contributed by atoms with Gasteiger partial charge in [0, 0.05) is 12.2 Å². The minimum Gasteiger partial charge on any atom is -0.384 e. The molecule has 2 aliphatic rings. The van der Waals surface area contributed by atoms with Gasteiger partial charge in [0.15, 0.2) is 5.37 Å². The Kier molecular flexibility index (Phi) is 3.01. The molecule has 2 aliphatic heterocycles. The lowest BCUT2D eigenvalue weighted by Crippen LogP contribution is -2.38. The van der Waals surface area contributed by atoms with Crippen molar-refractivity contribution in [3.05, 3.63) is 23.8 Å². The molecule has 9 heteroatoms. The van der Waals surface area contributed by atoms with Crippen molar-refractivity contribution in [2.75, 3.05) is 18.4 Å². The second kappa shape index (κ2) is 4.62. The number of sulfone groups is 1. The number of anilines is 1. The van der Waals surface area contributed by atoms with E-state index in [0.717, 1.165) is 24.2 Å². The molecule has 3 rings (SSSR count). The first-order chi connectivity index (χ1) is 9.89. The summed E-state index contributed by atoms with van der Waals surface area (Å²) in [6.45, 7) is 0.486. The Morgan fingerprint density at radius 1 is 1.38 bits per heavy atom. The summed E-state index contributed by atoms with van der Waals surface area (Å²) in [5, 5.41) is 4.24. The fourth-order valence-corrected chi connectivity index (χ4v) is 3.99. The minimum atomic E-state index is -3.77. The number of hydrogen-bond acceptors (Lipinski definition) is 5. The molecule has 4 amide bonds. The molecule has 1 fully saturated rings. The third-order valence-electron chi connectivity index (χ3n) is 3.63. The summed E-state index contributed by atoms with van der Waals surface area (Å²) in [6, 6.07) is 3.04. The van der Waals surface area contributed by atoms with Crippen LogP contribution in [-0.4, -0.2) is 43.8 Å². The molecule has 1 atom stereocenters. The van der Waals surface area contributed by atoms with E-state index in [0.29, 0.717) is 4.90 Å². The summed E-state index contributed by atoms with van der Waals surface area (Å²) in [7, 11) is -3.77. The number of imide groups is 1. The number of benzene rings is 1. The van der Waals surface area contributed by atoms with E-state index >= 15 is 0 Å². The second-order valence-electron chi connectivity index (χ2n) is 4.93. The zero-order valence-electron chi connectivity index (χ0n) is 11.0. The predicted molar refractivity (Wildman–Crippen MR) is 74.4 cm³/mol. The number of nitrogens with two attached hydrogens (primary N) is 1. The Morgan fingerprint density at radius 3 is 2.81 bits per heavy atom. The van der Waals surface area contributed by atoms with Gasteiger partial charge in [-0.2, -0.15) is 0 Å². The van der Waals surface area contributed by atoms with E-state index in [1.54, 1.807) is 12.1 Å².